The van der Waals surface area contributed by atoms with E-state index in [1.54, 1.807) is 24.6 Å². The molecule has 3 amide bonds. The second-order valence-electron chi connectivity index (χ2n) is 4.84. The average Bonchev–Trinajstić information content (AvgIpc) is 3.30. The molecule has 1 aliphatic carbocycles. The molecule has 1 fully saturated rings. The summed E-state index contributed by atoms with van der Waals surface area (Å²) in [5.41, 5.74) is 0.289. The first-order valence-electron chi connectivity index (χ1n) is 6.82. The minimum atomic E-state index is -1.08. The van der Waals surface area contributed by atoms with Crippen LogP contribution in [0.4, 0.5) is 4.79 Å². The molecule has 0 radical (unpaired) electrons. The van der Waals surface area contributed by atoms with Crippen LogP contribution in [0, 0.1) is 0 Å². The third-order valence-corrected chi connectivity index (χ3v) is 3.70. The number of ether oxygens (including phenoxy) is 1. The van der Waals surface area contributed by atoms with Crippen LogP contribution in [0.25, 0.3) is 0 Å². The van der Waals surface area contributed by atoms with Crippen LogP contribution in [0.5, 0.6) is 0 Å². The van der Waals surface area contributed by atoms with E-state index >= 15 is 0 Å². The minimum absolute atomic E-state index is 0.144. The normalized spacial score (nSPS) is 14.8. The maximum absolute atomic E-state index is 12.1. The van der Waals surface area contributed by atoms with E-state index in [2.05, 4.69) is 15.6 Å². The number of amides is 3. The number of nitrogens with zero attached hydrogens (tertiary/aromatic N) is 1. The predicted molar refractivity (Wildman–Crippen MR) is 80.6 cm³/mol. The van der Waals surface area contributed by atoms with E-state index in [0.29, 0.717) is 5.03 Å². The molecule has 0 spiro atoms. The first-order valence-corrected chi connectivity index (χ1v) is 8.05. The first kappa shape index (κ1) is 16.3. The van der Waals surface area contributed by atoms with Crippen LogP contribution in [0.1, 0.15) is 30.1 Å². The maximum atomic E-state index is 12.1. The lowest BCUT2D eigenvalue weighted by Gasteiger charge is -2.14. The van der Waals surface area contributed by atoms with Crippen LogP contribution >= 0.6 is 11.8 Å². The van der Waals surface area contributed by atoms with Crippen molar-refractivity contribution in [1.29, 1.82) is 0 Å². The number of nitrogens with one attached hydrogen (secondary N) is 2. The molecule has 2 N–H and O–H groups in total. The number of thioether (sulfide) groups is 1. The van der Waals surface area contributed by atoms with Crippen molar-refractivity contribution in [2.45, 2.75) is 36.9 Å². The van der Waals surface area contributed by atoms with Crippen LogP contribution in [-0.2, 0) is 9.53 Å². The number of esters is 1. The molecule has 22 heavy (non-hydrogen) atoms. The molecule has 1 atom stereocenters. The molecule has 8 heteroatoms. The van der Waals surface area contributed by atoms with Crippen LogP contribution in [0.2, 0.25) is 0 Å². The van der Waals surface area contributed by atoms with Gasteiger partial charge in [-0.05, 0) is 38.2 Å². The Labute approximate surface area is 132 Å². The Hall–Kier alpha value is -2.09. The van der Waals surface area contributed by atoms with E-state index in [4.69, 9.17) is 4.74 Å². The van der Waals surface area contributed by atoms with Crippen molar-refractivity contribution >= 4 is 29.7 Å². The van der Waals surface area contributed by atoms with Gasteiger partial charge in [0.2, 0.25) is 0 Å². The Kier molecular flexibility index (Phi) is 5.37. The summed E-state index contributed by atoms with van der Waals surface area (Å²) in [4.78, 5) is 39.4. The minimum Gasteiger partial charge on any atom is -0.449 e. The third kappa shape index (κ3) is 4.45. The lowest BCUT2D eigenvalue weighted by Crippen LogP contribution is -2.45. The molecular weight excluding hydrogens is 306 g/mol. The lowest BCUT2D eigenvalue weighted by atomic mass is 10.3. The zero-order valence-corrected chi connectivity index (χ0v) is 13.1. The Morgan fingerprint density at radius 1 is 1.41 bits per heavy atom. The number of rotatable bonds is 5. The standard InChI is InChI=1S/C14H17N3O4S/c1-8(11(18)17-14(20)16-9-5-6-9)21-13(19)10-4-3-7-15-12(10)22-2/h3-4,7-9H,5-6H2,1-2H3,(H2,16,17,18,20)/t8-/m1/s1. The highest BCUT2D eigenvalue weighted by molar-refractivity contribution is 7.98. The first-order chi connectivity index (χ1) is 10.5. The number of hydrogen-bond donors (Lipinski definition) is 2. The van der Waals surface area contributed by atoms with Crippen LogP contribution in [0.3, 0.4) is 0 Å². The molecule has 118 valence electrons. The molecule has 2 rings (SSSR count). The van der Waals surface area contributed by atoms with Gasteiger partial charge in [0.25, 0.3) is 5.91 Å². The van der Waals surface area contributed by atoms with E-state index in [0.717, 1.165) is 12.8 Å². The van der Waals surface area contributed by atoms with Crippen molar-refractivity contribution in [3.05, 3.63) is 23.9 Å². The summed E-state index contributed by atoms with van der Waals surface area (Å²) in [5, 5.41) is 5.29. The quantitative estimate of drug-likeness (QED) is 0.627. The molecular formula is C14H17N3O4S. The number of hydrogen-bond acceptors (Lipinski definition) is 6. The molecule has 0 aromatic carbocycles. The SMILES string of the molecule is CSc1ncccc1C(=O)O[C@H](C)C(=O)NC(=O)NC1CC1. The second kappa shape index (κ2) is 7.26. The highest BCUT2D eigenvalue weighted by Crippen LogP contribution is 2.19. The maximum Gasteiger partial charge on any atom is 0.341 e. The van der Waals surface area contributed by atoms with E-state index in [-0.39, 0.29) is 11.6 Å². The number of pyridine rings is 1. The van der Waals surface area contributed by atoms with Crippen LogP contribution in [-0.4, -0.2) is 41.3 Å². The molecule has 7 nitrogen and oxygen atoms in total. The molecule has 0 bridgehead atoms. The summed E-state index contributed by atoms with van der Waals surface area (Å²) in [6, 6.07) is 2.77. The van der Waals surface area contributed by atoms with Gasteiger partial charge in [-0.25, -0.2) is 14.6 Å². The highest BCUT2D eigenvalue weighted by atomic mass is 32.2. The Morgan fingerprint density at radius 3 is 2.77 bits per heavy atom. The van der Waals surface area contributed by atoms with E-state index < -0.39 is 24.0 Å². The predicted octanol–water partition coefficient (Wildman–Crippen LogP) is 1.34. The second-order valence-corrected chi connectivity index (χ2v) is 5.64. The molecule has 1 aromatic rings. The van der Waals surface area contributed by atoms with Gasteiger partial charge in [-0.1, -0.05) is 0 Å². The summed E-state index contributed by atoms with van der Waals surface area (Å²) >= 11 is 1.31. The zero-order valence-electron chi connectivity index (χ0n) is 12.3. The van der Waals surface area contributed by atoms with Crippen molar-refractivity contribution in [3.63, 3.8) is 0 Å². The fourth-order valence-electron chi connectivity index (χ4n) is 1.65. The summed E-state index contributed by atoms with van der Waals surface area (Å²) < 4.78 is 5.08. The molecule has 1 aliphatic rings. The molecule has 1 aromatic heterocycles. The van der Waals surface area contributed by atoms with Crippen LogP contribution < -0.4 is 10.6 Å². The summed E-state index contributed by atoms with van der Waals surface area (Å²) in [7, 11) is 0. The highest BCUT2D eigenvalue weighted by Gasteiger charge is 2.26. The van der Waals surface area contributed by atoms with E-state index in [1.165, 1.54) is 18.7 Å². The van der Waals surface area contributed by atoms with E-state index in [1.807, 2.05) is 0 Å². The van der Waals surface area contributed by atoms with Gasteiger partial charge in [-0.2, -0.15) is 0 Å². The lowest BCUT2D eigenvalue weighted by molar-refractivity contribution is -0.127. The van der Waals surface area contributed by atoms with Gasteiger partial charge in [0, 0.05) is 12.2 Å². The van der Waals surface area contributed by atoms with Crippen molar-refractivity contribution in [1.82, 2.24) is 15.6 Å². The number of urea groups is 1. The van der Waals surface area contributed by atoms with Crippen molar-refractivity contribution < 1.29 is 19.1 Å². The monoisotopic (exact) mass is 323 g/mol. The van der Waals surface area contributed by atoms with Crippen molar-refractivity contribution in [3.8, 4) is 0 Å². The largest absolute Gasteiger partial charge is 0.449 e. The third-order valence-electron chi connectivity index (χ3n) is 2.99. The average molecular weight is 323 g/mol. The van der Waals surface area contributed by atoms with Gasteiger partial charge in [-0.3, -0.25) is 10.1 Å². The van der Waals surface area contributed by atoms with E-state index in [9.17, 15) is 14.4 Å². The fourth-order valence-corrected chi connectivity index (χ4v) is 2.19. The molecule has 0 saturated heterocycles. The Balaban J connectivity index is 1.89. The van der Waals surface area contributed by atoms with Crippen molar-refractivity contribution in [2.75, 3.05) is 6.26 Å². The fraction of sp³-hybridized carbons (Fsp3) is 0.429. The topological polar surface area (TPSA) is 97.4 Å². The Bertz CT molecular complexity index is 589. The molecule has 1 heterocycles. The van der Waals surface area contributed by atoms with Gasteiger partial charge in [-0.15, -0.1) is 11.8 Å². The van der Waals surface area contributed by atoms with Crippen LogP contribution in [0.15, 0.2) is 23.4 Å². The summed E-state index contributed by atoms with van der Waals surface area (Å²) in [6.07, 6.45) is 4.13. The van der Waals surface area contributed by atoms with Crippen molar-refractivity contribution in [2.24, 2.45) is 0 Å². The molecule has 1 saturated carbocycles. The summed E-state index contributed by atoms with van der Waals surface area (Å²) in [5.74, 6) is -1.32. The van der Waals surface area contributed by atoms with Gasteiger partial charge >= 0.3 is 12.0 Å². The smallest absolute Gasteiger partial charge is 0.341 e. The zero-order chi connectivity index (χ0) is 16.1. The number of carbonyl (C=O) groups is 3. The number of aromatic nitrogens is 1. The molecule has 0 unspecified atom stereocenters. The van der Waals surface area contributed by atoms with Gasteiger partial charge in [0.1, 0.15) is 5.03 Å². The summed E-state index contributed by atoms with van der Waals surface area (Å²) in [6.45, 7) is 1.41. The molecule has 0 aliphatic heterocycles. The number of imide groups is 1. The van der Waals surface area contributed by atoms with Gasteiger partial charge in [0.05, 0.1) is 5.56 Å². The number of carbonyl (C=O) groups excluding carboxylic acids is 3. The Morgan fingerprint density at radius 2 is 2.14 bits per heavy atom. The van der Waals surface area contributed by atoms with Gasteiger partial charge in [0.15, 0.2) is 6.10 Å². The van der Waals surface area contributed by atoms with Gasteiger partial charge < -0.3 is 10.1 Å².